The van der Waals surface area contributed by atoms with Crippen LogP contribution in [-0.4, -0.2) is 32.9 Å². The topological polar surface area (TPSA) is 89.3 Å². The van der Waals surface area contributed by atoms with Gasteiger partial charge in [0.05, 0.1) is 5.75 Å². The van der Waals surface area contributed by atoms with Crippen molar-refractivity contribution in [1.29, 1.82) is 0 Å². The van der Waals surface area contributed by atoms with E-state index in [1.807, 2.05) is 18.4 Å². The highest BCUT2D eigenvalue weighted by atomic mass is 32.2. The first-order valence-electron chi connectivity index (χ1n) is 5.79. The van der Waals surface area contributed by atoms with Crippen LogP contribution in [0.5, 0.6) is 0 Å². The molecule has 106 valence electrons. The van der Waals surface area contributed by atoms with Gasteiger partial charge in [-0.1, -0.05) is 12.1 Å². The molecule has 7 heteroatoms. The third-order valence-corrected chi connectivity index (χ3v) is 3.90. The zero-order valence-corrected chi connectivity index (χ0v) is 12.4. The Kier molecular flexibility index (Phi) is 6.33. The van der Waals surface area contributed by atoms with Crippen LogP contribution in [0.4, 0.5) is 0 Å². The Morgan fingerprint density at radius 2 is 1.95 bits per heavy atom. The molecule has 0 radical (unpaired) electrons. The molecular formula is C12H18N2O3S2. The molecule has 0 aliphatic heterocycles. The number of benzene rings is 1. The number of nitrogens with two attached hydrogens (primary N) is 1. The summed E-state index contributed by atoms with van der Waals surface area (Å²) in [5, 5.41) is 7.52. The smallest absolute Gasteiger partial charge is 0.251 e. The van der Waals surface area contributed by atoms with Gasteiger partial charge in [-0.2, -0.15) is 11.8 Å². The molecule has 0 saturated heterocycles. The molecule has 0 fully saturated rings. The lowest BCUT2D eigenvalue weighted by Crippen LogP contribution is -2.27. The van der Waals surface area contributed by atoms with Gasteiger partial charge in [0.25, 0.3) is 5.91 Å². The molecule has 0 aromatic heterocycles. The molecule has 5 nitrogen and oxygen atoms in total. The summed E-state index contributed by atoms with van der Waals surface area (Å²) in [4.78, 5) is 11.7. The van der Waals surface area contributed by atoms with Gasteiger partial charge in [0, 0.05) is 17.9 Å². The third-order valence-electron chi connectivity index (χ3n) is 2.42. The number of sulfonamides is 1. The van der Waals surface area contributed by atoms with Gasteiger partial charge in [-0.3, -0.25) is 4.79 Å². The molecule has 0 aliphatic carbocycles. The quantitative estimate of drug-likeness (QED) is 0.734. The van der Waals surface area contributed by atoms with E-state index in [0.717, 1.165) is 5.75 Å². The fraction of sp³-hybridized carbons (Fsp3) is 0.417. The fourth-order valence-corrected chi connectivity index (χ4v) is 2.57. The number of primary sulfonamides is 1. The maximum absolute atomic E-state index is 11.7. The first-order chi connectivity index (χ1) is 8.92. The minimum atomic E-state index is -3.45. The predicted molar refractivity (Wildman–Crippen MR) is 78.6 cm³/mol. The predicted octanol–water partition coefficient (Wildman–Crippen LogP) is 0.958. The monoisotopic (exact) mass is 302 g/mol. The molecule has 0 unspecified atom stereocenters. The van der Waals surface area contributed by atoms with Crippen LogP contribution in [0.1, 0.15) is 22.3 Å². The maximum Gasteiger partial charge on any atom is 0.251 e. The van der Waals surface area contributed by atoms with Gasteiger partial charge < -0.3 is 5.32 Å². The first-order valence-corrected chi connectivity index (χ1v) is 8.90. The van der Waals surface area contributed by atoms with Crippen LogP contribution in [0.25, 0.3) is 0 Å². The molecule has 0 saturated carbocycles. The largest absolute Gasteiger partial charge is 0.352 e. The van der Waals surface area contributed by atoms with Gasteiger partial charge in [-0.05, 0) is 30.4 Å². The maximum atomic E-state index is 11.7. The summed E-state index contributed by atoms with van der Waals surface area (Å²) in [5.41, 5.74) is 1.73. The van der Waals surface area contributed by atoms with Crippen LogP contribution in [0.15, 0.2) is 24.3 Å². The highest BCUT2D eigenvalue weighted by Gasteiger charge is 2.06. The Morgan fingerprint density at radius 3 is 2.47 bits per heavy atom. The van der Waals surface area contributed by atoms with E-state index in [1.54, 1.807) is 23.9 Å². The average molecular weight is 302 g/mol. The van der Waals surface area contributed by atoms with Crippen molar-refractivity contribution in [1.82, 2.24) is 5.32 Å². The summed E-state index contributed by atoms with van der Waals surface area (Å²) in [6.07, 6.45) is 2.33. The Hall–Kier alpha value is -1.05. The molecular weight excluding hydrogens is 284 g/mol. The Labute approximate surface area is 118 Å². The number of hydrogen-bond acceptors (Lipinski definition) is 4. The molecule has 1 aromatic carbocycles. The second kappa shape index (κ2) is 7.52. The number of nitrogens with one attached hydrogen (secondary N) is 1. The second-order valence-electron chi connectivity index (χ2n) is 4.11. The van der Waals surface area contributed by atoms with Gasteiger partial charge in [0.1, 0.15) is 0 Å². The summed E-state index contributed by atoms with van der Waals surface area (Å²) >= 11 is 1.72. The summed E-state index contributed by atoms with van der Waals surface area (Å²) in [7, 11) is -3.45. The molecule has 1 rings (SSSR count). The Bertz CT molecular complexity index is 512. The number of carbonyl (C=O) groups excluding carboxylic acids is 1. The van der Waals surface area contributed by atoms with Crippen LogP contribution < -0.4 is 10.5 Å². The molecule has 0 spiro atoms. The van der Waals surface area contributed by atoms with E-state index in [9.17, 15) is 13.2 Å². The highest BCUT2D eigenvalue weighted by molar-refractivity contribution is 7.97. The van der Waals surface area contributed by atoms with E-state index >= 15 is 0 Å². The number of thioether (sulfide) groups is 1. The molecule has 0 heterocycles. The van der Waals surface area contributed by atoms with E-state index in [2.05, 4.69) is 5.32 Å². The number of hydrogen-bond donors (Lipinski definition) is 2. The van der Waals surface area contributed by atoms with Crippen LogP contribution in [0.2, 0.25) is 0 Å². The SMILES string of the molecule is CSCc1ccc(C(=O)NCCCS(N)(=O)=O)cc1. The number of rotatable bonds is 7. The van der Waals surface area contributed by atoms with E-state index in [-0.39, 0.29) is 11.7 Å². The lowest BCUT2D eigenvalue weighted by atomic mass is 10.1. The van der Waals surface area contributed by atoms with Gasteiger partial charge in [0.15, 0.2) is 0 Å². The van der Waals surface area contributed by atoms with Crippen LogP contribution in [-0.2, 0) is 15.8 Å². The van der Waals surface area contributed by atoms with Crippen molar-refractivity contribution in [3.8, 4) is 0 Å². The van der Waals surface area contributed by atoms with Crippen molar-refractivity contribution >= 4 is 27.7 Å². The van der Waals surface area contributed by atoms with Crippen molar-refractivity contribution < 1.29 is 13.2 Å². The molecule has 0 bridgehead atoms. The van der Waals surface area contributed by atoms with Gasteiger partial charge in [-0.15, -0.1) is 0 Å². The van der Waals surface area contributed by atoms with Gasteiger partial charge >= 0.3 is 0 Å². The number of amides is 1. The van der Waals surface area contributed by atoms with Crippen molar-refractivity contribution in [3.63, 3.8) is 0 Å². The summed E-state index contributed by atoms with van der Waals surface area (Å²) < 4.78 is 21.4. The first kappa shape index (κ1) is 16.0. The molecule has 1 aromatic rings. The minimum absolute atomic E-state index is 0.125. The Morgan fingerprint density at radius 1 is 1.32 bits per heavy atom. The lowest BCUT2D eigenvalue weighted by molar-refractivity contribution is 0.0953. The minimum Gasteiger partial charge on any atom is -0.352 e. The van der Waals surface area contributed by atoms with Crippen molar-refractivity contribution in [2.75, 3.05) is 18.6 Å². The highest BCUT2D eigenvalue weighted by Crippen LogP contribution is 2.10. The zero-order valence-electron chi connectivity index (χ0n) is 10.8. The molecule has 0 aliphatic rings. The van der Waals surface area contributed by atoms with Crippen LogP contribution in [0.3, 0.4) is 0 Å². The third kappa shape index (κ3) is 6.60. The van der Waals surface area contributed by atoms with Gasteiger partial charge in [-0.25, -0.2) is 13.6 Å². The second-order valence-corrected chi connectivity index (χ2v) is 6.71. The van der Waals surface area contributed by atoms with E-state index in [4.69, 9.17) is 5.14 Å². The standard InChI is InChI=1S/C12H18N2O3S2/c1-18-9-10-3-5-11(6-4-10)12(15)14-7-2-8-19(13,16)17/h3-6H,2,7-9H2,1H3,(H,14,15)(H2,13,16,17). The molecule has 3 N–H and O–H groups in total. The molecule has 19 heavy (non-hydrogen) atoms. The summed E-state index contributed by atoms with van der Waals surface area (Å²) in [5.74, 6) is 0.584. The molecule has 1 amide bonds. The van der Waals surface area contributed by atoms with E-state index in [0.29, 0.717) is 18.5 Å². The van der Waals surface area contributed by atoms with Crippen molar-refractivity contribution in [2.24, 2.45) is 5.14 Å². The van der Waals surface area contributed by atoms with Crippen LogP contribution >= 0.6 is 11.8 Å². The average Bonchev–Trinajstić information content (AvgIpc) is 2.34. The van der Waals surface area contributed by atoms with Crippen LogP contribution in [0, 0.1) is 0 Å². The lowest BCUT2D eigenvalue weighted by Gasteiger charge is -2.05. The summed E-state index contributed by atoms with van der Waals surface area (Å²) in [6.45, 7) is 0.293. The van der Waals surface area contributed by atoms with E-state index < -0.39 is 10.0 Å². The fourth-order valence-electron chi connectivity index (χ4n) is 1.50. The molecule has 0 atom stereocenters. The van der Waals surface area contributed by atoms with Crippen molar-refractivity contribution in [2.45, 2.75) is 12.2 Å². The number of carbonyl (C=O) groups is 1. The zero-order chi connectivity index (χ0) is 14.3. The normalized spacial score (nSPS) is 11.3. The summed E-state index contributed by atoms with van der Waals surface area (Å²) in [6, 6.07) is 7.35. The van der Waals surface area contributed by atoms with Gasteiger partial charge in [0.2, 0.25) is 10.0 Å². The van der Waals surface area contributed by atoms with E-state index in [1.165, 1.54) is 5.56 Å². The van der Waals surface area contributed by atoms with Crippen molar-refractivity contribution in [3.05, 3.63) is 35.4 Å². The Balaban J connectivity index is 2.41.